The van der Waals surface area contributed by atoms with E-state index < -0.39 is 5.60 Å². The lowest BCUT2D eigenvalue weighted by Crippen LogP contribution is -2.14. The van der Waals surface area contributed by atoms with Gasteiger partial charge >= 0.3 is 0 Å². The zero-order valence-corrected chi connectivity index (χ0v) is 11.4. The van der Waals surface area contributed by atoms with E-state index in [0.717, 1.165) is 21.1 Å². The number of rotatable bonds is 2. The maximum atomic E-state index is 10.1. The first kappa shape index (κ1) is 12.3. The third kappa shape index (κ3) is 2.56. The highest BCUT2D eigenvalue weighted by molar-refractivity contribution is 7.15. The number of hydrogen-bond acceptors (Lipinski definition) is 3. The van der Waals surface area contributed by atoms with Gasteiger partial charge in [0, 0.05) is 5.56 Å². The molecule has 0 spiro atoms. The summed E-state index contributed by atoms with van der Waals surface area (Å²) in [5, 5.41) is 11.0. The van der Waals surface area contributed by atoms with E-state index in [0.29, 0.717) is 0 Å². The molecule has 0 fully saturated rings. The van der Waals surface area contributed by atoms with E-state index in [1.54, 1.807) is 25.2 Å². The van der Waals surface area contributed by atoms with Gasteiger partial charge < -0.3 is 5.11 Å². The summed E-state index contributed by atoms with van der Waals surface area (Å²) in [6.45, 7) is 7.62. The highest BCUT2D eigenvalue weighted by atomic mass is 32.1. The summed E-state index contributed by atoms with van der Waals surface area (Å²) in [4.78, 5) is 5.49. The van der Waals surface area contributed by atoms with E-state index in [9.17, 15) is 5.11 Å². The lowest BCUT2D eigenvalue weighted by atomic mass is 10.1. The van der Waals surface area contributed by atoms with Gasteiger partial charge in [0.1, 0.15) is 5.01 Å². The molecule has 3 heteroatoms. The third-order valence-corrected chi connectivity index (χ3v) is 4.14. The average Bonchev–Trinajstić information content (AvgIpc) is 2.60. The lowest BCUT2D eigenvalue weighted by Gasteiger charge is -2.14. The maximum absolute atomic E-state index is 10.1. The second kappa shape index (κ2) is 4.24. The number of aliphatic hydroxyl groups is 1. The first-order valence-corrected chi connectivity index (χ1v) is 6.47. The molecule has 90 valence electrons. The minimum absolute atomic E-state index is 0.816. The van der Waals surface area contributed by atoms with Crippen molar-refractivity contribution in [2.24, 2.45) is 0 Å². The molecule has 0 aliphatic rings. The van der Waals surface area contributed by atoms with Crippen LogP contribution < -0.4 is 0 Å². The number of nitrogens with zero attached hydrogens (tertiary/aromatic N) is 1. The smallest absolute Gasteiger partial charge is 0.123 e. The molecule has 1 N–H and O–H groups in total. The van der Waals surface area contributed by atoms with Crippen LogP contribution in [0.4, 0.5) is 0 Å². The highest BCUT2D eigenvalue weighted by Crippen LogP contribution is 2.34. The summed E-state index contributed by atoms with van der Waals surface area (Å²) in [6, 6.07) is 8.28. The van der Waals surface area contributed by atoms with Crippen molar-refractivity contribution in [1.29, 1.82) is 0 Å². The molecule has 0 unspecified atom stereocenters. The Morgan fingerprint density at radius 3 is 2.47 bits per heavy atom. The van der Waals surface area contributed by atoms with Crippen molar-refractivity contribution in [3.05, 3.63) is 40.4 Å². The maximum Gasteiger partial charge on any atom is 0.123 e. The minimum Gasteiger partial charge on any atom is -0.385 e. The van der Waals surface area contributed by atoms with Gasteiger partial charge in [0.2, 0.25) is 0 Å². The van der Waals surface area contributed by atoms with Crippen LogP contribution in [-0.2, 0) is 5.60 Å². The predicted octanol–water partition coefficient (Wildman–Crippen LogP) is 3.65. The topological polar surface area (TPSA) is 33.1 Å². The number of hydrogen-bond donors (Lipinski definition) is 1. The Morgan fingerprint density at radius 2 is 1.94 bits per heavy atom. The summed E-state index contributed by atoms with van der Waals surface area (Å²) < 4.78 is 0. The number of aryl methyl sites for hydroxylation is 2. The van der Waals surface area contributed by atoms with Crippen molar-refractivity contribution >= 4 is 11.3 Å². The highest BCUT2D eigenvalue weighted by Gasteiger charge is 2.23. The fourth-order valence-corrected chi connectivity index (χ4v) is 2.93. The van der Waals surface area contributed by atoms with Crippen LogP contribution in [0.2, 0.25) is 0 Å². The van der Waals surface area contributed by atoms with Crippen molar-refractivity contribution in [3.63, 3.8) is 0 Å². The van der Waals surface area contributed by atoms with Gasteiger partial charge in [-0.05, 0) is 33.8 Å². The molecule has 2 nitrogen and oxygen atoms in total. The van der Waals surface area contributed by atoms with Crippen LogP contribution in [0.3, 0.4) is 0 Å². The Kier molecular flexibility index (Phi) is 3.06. The Morgan fingerprint density at radius 1 is 1.24 bits per heavy atom. The van der Waals surface area contributed by atoms with E-state index in [2.05, 4.69) is 30.1 Å². The molecular formula is C14H17NOS. The molecule has 0 aliphatic heterocycles. The molecule has 2 rings (SSSR count). The second-order valence-electron chi connectivity index (χ2n) is 4.86. The van der Waals surface area contributed by atoms with Crippen molar-refractivity contribution in [3.8, 4) is 10.6 Å². The van der Waals surface area contributed by atoms with Crippen LogP contribution in [0.5, 0.6) is 0 Å². The zero-order chi connectivity index (χ0) is 12.6. The van der Waals surface area contributed by atoms with E-state index >= 15 is 0 Å². The lowest BCUT2D eigenvalue weighted by molar-refractivity contribution is 0.0817. The summed E-state index contributed by atoms with van der Waals surface area (Å²) in [5.41, 5.74) is 2.44. The predicted molar refractivity (Wildman–Crippen MR) is 72.3 cm³/mol. The molecule has 0 saturated heterocycles. The van der Waals surface area contributed by atoms with Crippen LogP contribution in [0.1, 0.15) is 30.0 Å². The van der Waals surface area contributed by atoms with Crippen molar-refractivity contribution < 1.29 is 5.11 Å². The van der Waals surface area contributed by atoms with E-state index in [1.807, 2.05) is 13.0 Å². The number of benzene rings is 1. The molecule has 0 radical (unpaired) electrons. The first-order chi connectivity index (χ1) is 7.88. The largest absolute Gasteiger partial charge is 0.385 e. The fraction of sp³-hybridized carbons (Fsp3) is 0.357. The monoisotopic (exact) mass is 247 g/mol. The molecule has 0 bridgehead atoms. The van der Waals surface area contributed by atoms with Gasteiger partial charge in [0.25, 0.3) is 0 Å². The SMILES string of the molecule is Cc1cccc(-c2nc(C)c(C(C)(C)O)s2)c1. The molecule has 1 aromatic heterocycles. The van der Waals surface area contributed by atoms with Gasteiger partial charge in [-0.2, -0.15) is 0 Å². The summed E-state index contributed by atoms with van der Waals surface area (Å²) in [6.07, 6.45) is 0. The Hall–Kier alpha value is -1.19. The summed E-state index contributed by atoms with van der Waals surface area (Å²) in [5.74, 6) is 0. The Labute approximate surface area is 106 Å². The molecule has 17 heavy (non-hydrogen) atoms. The zero-order valence-electron chi connectivity index (χ0n) is 10.6. The minimum atomic E-state index is -0.816. The second-order valence-corrected chi connectivity index (χ2v) is 5.86. The fourth-order valence-electron chi connectivity index (χ4n) is 1.87. The third-order valence-electron chi connectivity index (χ3n) is 2.62. The molecule has 1 heterocycles. The van der Waals surface area contributed by atoms with Gasteiger partial charge in [0.15, 0.2) is 0 Å². The normalized spacial score (nSPS) is 11.8. The van der Waals surface area contributed by atoms with Crippen LogP contribution in [0, 0.1) is 13.8 Å². The average molecular weight is 247 g/mol. The van der Waals surface area contributed by atoms with E-state index in [-0.39, 0.29) is 0 Å². The Bertz CT molecular complexity index is 537. The molecule has 0 aliphatic carbocycles. The van der Waals surface area contributed by atoms with Crippen LogP contribution in [0.15, 0.2) is 24.3 Å². The van der Waals surface area contributed by atoms with Gasteiger partial charge in [-0.1, -0.05) is 23.8 Å². The summed E-state index contributed by atoms with van der Waals surface area (Å²) in [7, 11) is 0. The molecule has 1 aromatic carbocycles. The van der Waals surface area contributed by atoms with Gasteiger partial charge in [0.05, 0.1) is 16.2 Å². The van der Waals surface area contributed by atoms with E-state index in [1.165, 1.54) is 5.56 Å². The molecule has 0 amide bonds. The van der Waals surface area contributed by atoms with Gasteiger partial charge in [-0.25, -0.2) is 4.98 Å². The molecular weight excluding hydrogens is 230 g/mol. The molecule has 2 aromatic rings. The van der Waals surface area contributed by atoms with Crippen LogP contribution in [0.25, 0.3) is 10.6 Å². The standard InChI is InChI=1S/C14H17NOS/c1-9-6-5-7-11(8-9)13-15-10(2)12(17-13)14(3,4)16/h5-8,16H,1-4H3. The van der Waals surface area contributed by atoms with Crippen molar-refractivity contribution in [2.75, 3.05) is 0 Å². The van der Waals surface area contributed by atoms with Gasteiger partial charge in [-0.15, -0.1) is 11.3 Å². The molecule has 0 saturated carbocycles. The first-order valence-electron chi connectivity index (χ1n) is 5.65. The Balaban J connectivity index is 2.49. The van der Waals surface area contributed by atoms with Crippen molar-refractivity contribution in [2.45, 2.75) is 33.3 Å². The van der Waals surface area contributed by atoms with Crippen LogP contribution in [-0.4, -0.2) is 10.1 Å². The summed E-state index contributed by atoms with van der Waals surface area (Å²) >= 11 is 1.57. The van der Waals surface area contributed by atoms with Crippen LogP contribution >= 0.6 is 11.3 Å². The quantitative estimate of drug-likeness (QED) is 0.878. The van der Waals surface area contributed by atoms with E-state index in [4.69, 9.17) is 0 Å². The van der Waals surface area contributed by atoms with Gasteiger partial charge in [-0.3, -0.25) is 0 Å². The van der Waals surface area contributed by atoms with Crippen molar-refractivity contribution in [1.82, 2.24) is 4.98 Å². The molecule has 0 atom stereocenters. The number of thiazole rings is 1. The number of aromatic nitrogens is 1.